The smallest absolute Gasteiger partial charge is 0.328 e. The van der Waals surface area contributed by atoms with Crippen molar-refractivity contribution in [2.75, 3.05) is 5.75 Å². The summed E-state index contributed by atoms with van der Waals surface area (Å²) >= 11 is 1.15. The summed E-state index contributed by atoms with van der Waals surface area (Å²) < 4.78 is 0. The van der Waals surface area contributed by atoms with Gasteiger partial charge >= 0.3 is 5.97 Å². The maximum absolute atomic E-state index is 9.77. The molecule has 0 aromatic heterocycles. The number of carboxylic acid groups (broad SMARTS) is 1. The fraction of sp³-hybridized carbons (Fsp3) is 0.200. The summed E-state index contributed by atoms with van der Waals surface area (Å²) in [6, 6.07) is 0. The summed E-state index contributed by atoms with van der Waals surface area (Å²) in [5, 5.41) is 9.40. The Morgan fingerprint density at radius 2 is 2.33 bits per heavy atom. The summed E-state index contributed by atoms with van der Waals surface area (Å²) in [5.74, 6) is -0.683. The molecule has 0 fully saturated rings. The number of carboxylic acids is 1. The van der Waals surface area contributed by atoms with E-state index in [9.17, 15) is 9.59 Å². The zero-order valence-corrected chi connectivity index (χ0v) is 5.43. The Kier molecular flexibility index (Phi) is 4.91. The van der Waals surface area contributed by atoms with Gasteiger partial charge in [0, 0.05) is 6.08 Å². The molecule has 0 radical (unpaired) electrons. The van der Waals surface area contributed by atoms with Crippen molar-refractivity contribution in [1.82, 2.24) is 0 Å². The fourth-order valence-corrected chi connectivity index (χ4v) is 0.603. The Morgan fingerprint density at radius 1 is 1.67 bits per heavy atom. The lowest BCUT2D eigenvalue weighted by atomic mass is 10.7. The molecule has 0 rings (SSSR count). The van der Waals surface area contributed by atoms with E-state index in [0.29, 0.717) is 5.75 Å². The quantitative estimate of drug-likeness (QED) is 0.357. The standard InChI is InChI=1S/C5H6O3S/c6-2-4-9-3-1-5(7)8/h1-3H,4H2,(H,7,8). The molecule has 9 heavy (non-hydrogen) atoms. The van der Waals surface area contributed by atoms with Crippen LogP contribution in [-0.2, 0) is 9.59 Å². The van der Waals surface area contributed by atoms with Crippen molar-refractivity contribution < 1.29 is 14.7 Å². The molecular weight excluding hydrogens is 140 g/mol. The Balaban J connectivity index is 3.24. The van der Waals surface area contributed by atoms with Gasteiger partial charge in [-0.25, -0.2) is 4.79 Å². The van der Waals surface area contributed by atoms with Crippen LogP contribution in [-0.4, -0.2) is 23.1 Å². The van der Waals surface area contributed by atoms with Crippen molar-refractivity contribution in [2.45, 2.75) is 0 Å². The molecule has 50 valence electrons. The summed E-state index contributed by atoms with van der Waals surface area (Å²) in [5.41, 5.74) is 0. The minimum Gasteiger partial charge on any atom is -0.478 e. The van der Waals surface area contributed by atoms with Gasteiger partial charge in [0.25, 0.3) is 0 Å². The summed E-state index contributed by atoms with van der Waals surface area (Å²) in [7, 11) is 0. The Labute approximate surface area is 56.7 Å². The largest absolute Gasteiger partial charge is 0.478 e. The maximum Gasteiger partial charge on any atom is 0.328 e. The monoisotopic (exact) mass is 146 g/mol. The molecule has 0 aliphatic rings. The maximum atomic E-state index is 9.77. The van der Waals surface area contributed by atoms with E-state index < -0.39 is 5.97 Å². The molecule has 0 unspecified atom stereocenters. The first kappa shape index (κ1) is 8.23. The van der Waals surface area contributed by atoms with Crippen LogP contribution in [0.4, 0.5) is 0 Å². The summed E-state index contributed by atoms with van der Waals surface area (Å²) in [4.78, 5) is 19.4. The second-order valence-electron chi connectivity index (χ2n) is 1.14. The van der Waals surface area contributed by atoms with Crippen LogP contribution in [0.25, 0.3) is 0 Å². The molecule has 0 aromatic carbocycles. The number of aliphatic carboxylic acids is 1. The number of aldehydes is 1. The molecule has 0 saturated heterocycles. The van der Waals surface area contributed by atoms with E-state index in [0.717, 1.165) is 24.1 Å². The van der Waals surface area contributed by atoms with Crippen molar-refractivity contribution in [3.63, 3.8) is 0 Å². The third kappa shape index (κ3) is 7.23. The molecule has 0 aliphatic carbocycles. The van der Waals surface area contributed by atoms with E-state index in [4.69, 9.17) is 5.11 Å². The molecule has 0 amide bonds. The first-order valence-electron chi connectivity index (χ1n) is 2.22. The fourth-order valence-electron chi connectivity index (χ4n) is 0.201. The van der Waals surface area contributed by atoms with E-state index in [-0.39, 0.29) is 0 Å². The van der Waals surface area contributed by atoms with Gasteiger partial charge in [-0.1, -0.05) is 0 Å². The molecule has 0 aliphatic heterocycles. The molecule has 1 N–H and O–H groups in total. The molecule has 0 saturated carbocycles. The van der Waals surface area contributed by atoms with Crippen LogP contribution < -0.4 is 0 Å². The van der Waals surface area contributed by atoms with Crippen molar-refractivity contribution in [1.29, 1.82) is 0 Å². The van der Waals surface area contributed by atoms with Crippen LogP contribution in [0.3, 0.4) is 0 Å². The van der Waals surface area contributed by atoms with Gasteiger partial charge in [0.05, 0.1) is 5.75 Å². The molecule has 0 aromatic rings. The van der Waals surface area contributed by atoms with Crippen LogP contribution in [0.5, 0.6) is 0 Å². The van der Waals surface area contributed by atoms with Gasteiger partial charge in [0.2, 0.25) is 0 Å². The van der Waals surface area contributed by atoms with Crippen LogP contribution in [0.2, 0.25) is 0 Å². The SMILES string of the molecule is O=CCSC=CC(=O)O. The van der Waals surface area contributed by atoms with Gasteiger partial charge < -0.3 is 9.90 Å². The van der Waals surface area contributed by atoms with E-state index in [1.807, 2.05) is 0 Å². The molecule has 4 heteroatoms. The van der Waals surface area contributed by atoms with Gasteiger partial charge in [-0.05, 0) is 5.41 Å². The van der Waals surface area contributed by atoms with Crippen molar-refractivity contribution >= 4 is 24.0 Å². The highest BCUT2D eigenvalue weighted by Crippen LogP contribution is 1.97. The lowest BCUT2D eigenvalue weighted by Gasteiger charge is -1.79. The van der Waals surface area contributed by atoms with Gasteiger partial charge in [-0.15, -0.1) is 11.8 Å². The van der Waals surface area contributed by atoms with E-state index >= 15 is 0 Å². The van der Waals surface area contributed by atoms with Gasteiger partial charge in [0.15, 0.2) is 0 Å². The third-order valence-corrected chi connectivity index (χ3v) is 1.13. The summed E-state index contributed by atoms with van der Waals surface area (Å²) in [6.07, 6.45) is 1.71. The number of rotatable bonds is 4. The van der Waals surface area contributed by atoms with Crippen molar-refractivity contribution in [3.8, 4) is 0 Å². The highest BCUT2D eigenvalue weighted by atomic mass is 32.2. The number of carbonyl (C=O) groups is 2. The first-order valence-corrected chi connectivity index (χ1v) is 3.27. The third-order valence-electron chi connectivity index (χ3n) is 0.471. The number of hydrogen-bond acceptors (Lipinski definition) is 3. The minimum atomic E-state index is -0.992. The van der Waals surface area contributed by atoms with E-state index in [1.165, 1.54) is 5.41 Å². The zero-order valence-electron chi connectivity index (χ0n) is 4.61. The average molecular weight is 146 g/mol. The van der Waals surface area contributed by atoms with Crippen LogP contribution >= 0.6 is 11.8 Å². The topological polar surface area (TPSA) is 54.4 Å². The lowest BCUT2D eigenvalue weighted by molar-refractivity contribution is -0.131. The molecule has 3 nitrogen and oxygen atoms in total. The molecule has 0 spiro atoms. The molecule has 0 bridgehead atoms. The average Bonchev–Trinajstić information content (AvgIpc) is 1.80. The summed E-state index contributed by atoms with van der Waals surface area (Å²) in [6.45, 7) is 0. The number of carbonyl (C=O) groups excluding carboxylic acids is 1. The lowest BCUT2D eigenvalue weighted by Crippen LogP contribution is -1.84. The van der Waals surface area contributed by atoms with Crippen LogP contribution in [0.15, 0.2) is 11.5 Å². The Hall–Kier alpha value is -0.770. The predicted molar refractivity (Wildman–Crippen MR) is 35.3 cm³/mol. The highest BCUT2D eigenvalue weighted by Gasteiger charge is 1.83. The highest BCUT2D eigenvalue weighted by molar-refractivity contribution is 8.02. The molecule has 0 heterocycles. The second kappa shape index (κ2) is 5.37. The second-order valence-corrected chi connectivity index (χ2v) is 2.08. The molecular formula is C5H6O3S. The predicted octanol–water partition coefficient (Wildman–Crippen LogP) is 0.517. The number of hydrogen-bond donors (Lipinski definition) is 1. The normalized spacial score (nSPS) is 9.78. The van der Waals surface area contributed by atoms with Crippen LogP contribution in [0, 0.1) is 0 Å². The Bertz CT molecular complexity index is 130. The van der Waals surface area contributed by atoms with Gasteiger partial charge in [-0.3, -0.25) is 0 Å². The van der Waals surface area contributed by atoms with Gasteiger partial charge in [-0.2, -0.15) is 0 Å². The van der Waals surface area contributed by atoms with E-state index in [1.54, 1.807) is 0 Å². The minimum absolute atomic E-state index is 0.309. The van der Waals surface area contributed by atoms with Crippen LogP contribution in [0.1, 0.15) is 0 Å². The van der Waals surface area contributed by atoms with Crippen molar-refractivity contribution in [3.05, 3.63) is 11.5 Å². The Morgan fingerprint density at radius 3 is 2.78 bits per heavy atom. The van der Waals surface area contributed by atoms with Gasteiger partial charge in [0.1, 0.15) is 6.29 Å². The van der Waals surface area contributed by atoms with Crippen molar-refractivity contribution in [2.24, 2.45) is 0 Å². The zero-order chi connectivity index (χ0) is 7.11. The number of thioether (sulfide) groups is 1. The van der Waals surface area contributed by atoms with E-state index in [2.05, 4.69) is 0 Å². The molecule has 0 atom stereocenters. The first-order chi connectivity index (χ1) is 4.27.